The van der Waals surface area contributed by atoms with Gasteiger partial charge in [-0.3, -0.25) is 19.3 Å². The third kappa shape index (κ3) is 5.97. The molecule has 10 nitrogen and oxygen atoms in total. The van der Waals surface area contributed by atoms with Crippen LogP contribution in [0.4, 0.5) is 15.8 Å². The van der Waals surface area contributed by atoms with Gasteiger partial charge in [-0.25, -0.2) is 4.39 Å². The van der Waals surface area contributed by atoms with Crippen molar-refractivity contribution in [3.8, 4) is 11.5 Å². The largest absolute Gasteiger partial charge is 0.497 e. The summed E-state index contributed by atoms with van der Waals surface area (Å²) in [6.07, 6.45) is 0. The minimum atomic E-state index is -1.30. The van der Waals surface area contributed by atoms with Crippen molar-refractivity contribution in [2.24, 2.45) is 5.73 Å². The van der Waals surface area contributed by atoms with Gasteiger partial charge in [0.25, 0.3) is 11.8 Å². The van der Waals surface area contributed by atoms with E-state index >= 15 is 0 Å². The number of carbonyl (C=O) groups is 3. The molecular weight excluding hydrogens is 501 g/mol. The number of nitrogens with two attached hydrogens (primary N) is 2. The summed E-state index contributed by atoms with van der Waals surface area (Å²) in [5.74, 6) is -2.06. The van der Waals surface area contributed by atoms with E-state index in [9.17, 15) is 18.8 Å². The molecule has 0 aliphatic rings. The zero-order chi connectivity index (χ0) is 27.5. The number of ether oxygens (including phenoxy) is 2. The molecule has 0 aliphatic carbocycles. The molecule has 196 valence electrons. The zero-order valence-corrected chi connectivity index (χ0v) is 21.8. The van der Waals surface area contributed by atoms with Gasteiger partial charge in [-0.05, 0) is 62.1 Å². The highest BCUT2D eigenvalue weighted by Crippen LogP contribution is 2.40. The first kappa shape index (κ1) is 27.4. The lowest BCUT2D eigenvalue weighted by Crippen LogP contribution is -2.49. The second-order valence-corrected chi connectivity index (χ2v) is 9.82. The summed E-state index contributed by atoms with van der Waals surface area (Å²) in [7, 11) is 2.87. The zero-order valence-electron chi connectivity index (χ0n) is 21.0. The molecule has 12 heteroatoms. The standard InChI is InChI=1S/C25H28FN5O5S/c1-25(2,3)29-23(33)20(13-6-8-14(26)9-7-13)31(16-11-10-15(35-4)12-17(16)36-5)24(34)21-18(27)19(22(28)32)30-37-21/h6-12,20H,27H2,1-5H3,(H2,28,32)(H,29,33)/t20-/m1/s1. The normalized spacial score (nSPS) is 11.9. The van der Waals surface area contributed by atoms with Gasteiger partial charge in [0.1, 0.15) is 28.2 Å². The fourth-order valence-corrected chi connectivity index (χ4v) is 4.33. The van der Waals surface area contributed by atoms with Crippen LogP contribution in [0.15, 0.2) is 42.5 Å². The monoisotopic (exact) mass is 529 g/mol. The van der Waals surface area contributed by atoms with Crippen molar-refractivity contribution >= 4 is 40.6 Å². The van der Waals surface area contributed by atoms with Gasteiger partial charge >= 0.3 is 0 Å². The Labute approximate surface area is 217 Å². The summed E-state index contributed by atoms with van der Waals surface area (Å²) in [6.45, 7) is 5.35. The third-order valence-corrected chi connectivity index (χ3v) is 6.06. The number of anilines is 2. The number of nitrogens with zero attached hydrogens (tertiary/aromatic N) is 2. The molecule has 3 amide bonds. The Balaban J connectivity index is 2.31. The van der Waals surface area contributed by atoms with Crippen LogP contribution < -0.4 is 31.2 Å². The Morgan fingerprint density at radius 1 is 1.08 bits per heavy atom. The van der Waals surface area contributed by atoms with Crippen molar-refractivity contribution in [1.82, 2.24) is 9.69 Å². The lowest BCUT2D eigenvalue weighted by Gasteiger charge is -2.34. The molecule has 1 aromatic heterocycles. The Bertz CT molecular complexity index is 1320. The number of methoxy groups -OCH3 is 2. The number of halogens is 1. The van der Waals surface area contributed by atoms with Crippen LogP contribution in [-0.4, -0.2) is 41.9 Å². The number of hydrogen-bond donors (Lipinski definition) is 3. The van der Waals surface area contributed by atoms with Crippen molar-refractivity contribution in [2.75, 3.05) is 24.9 Å². The van der Waals surface area contributed by atoms with Gasteiger partial charge in [0.15, 0.2) is 5.69 Å². The van der Waals surface area contributed by atoms with Crippen molar-refractivity contribution in [1.29, 1.82) is 0 Å². The summed E-state index contributed by atoms with van der Waals surface area (Å²) >= 11 is 0.672. The molecule has 2 aromatic carbocycles. The minimum absolute atomic E-state index is 0.109. The number of amides is 3. The summed E-state index contributed by atoms with van der Waals surface area (Å²) in [6, 6.07) is 8.57. The number of primary amides is 1. The van der Waals surface area contributed by atoms with E-state index in [1.807, 2.05) is 0 Å². The number of aromatic nitrogens is 1. The highest BCUT2D eigenvalue weighted by Gasteiger charge is 2.38. The first-order valence-corrected chi connectivity index (χ1v) is 11.8. The van der Waals surface area contributed by atoms with Crippen LogP contribution in [0.25, 0.3) is 0 Å². The predicted molar refractivity (Wildman–Crippen MR) is 138 cm³/mol. The molecule has 5 N–H and O–H groups in total. The summed E-state index contributed by atoms with van der Waals surface area (Å²) in [5, 5.41) is 2.88. The van der Waals surface area contributed by atoms with Crippen molar-refractivity contribution in [2.45, 2.75) is 32.4 Å². The molecule has 0 spiro atoms. The number of nitrogens with one attached hydrogen (secondary N) is 1. The smallest absolute Gasteiger partial charge is 0.273 e. The van der Waals surface area contributed by atoms with Crippen molar-refractivity contribution in [3.05, 3.63) is 64.4 Å². The molecule has 0 unspecified atom stereocenters. The molecule has 1 atom stereocenters. The minimum Gasteiger partial charge on any atom is -0.497 e. The molecular formula is C25H28FN5O5S. The molecule has 0 aliphatic heterocycles. The van der Waals surface area contributed by atoms with E-state index in [2.05, 4.69) is 9.69 Å². The molecule has 0 saturated carbocycles. The Morgan fingerprint density at radius 2 is 1.73 bits per heavy atom. The molecule has 3 rings (SSSR count). The molecule has 0 fully saturated rings. The average Bonchev–Trinajstić information content (AvgIpc) is 3.23. The van der Waals surface area contributed by atoms with E-state index in [-0.39, 0.29) is 27.7 Å². The van der Waals surface area contributed by atoms with Crippen molar-refractivity contribution in [3.63, 3.8) is 0 Å². The van der Waals surface area contributed by atoms with Gasteiger partial charge in [-0.1, -0.05) is 12.1 Å². The van der Waals surface area contributed by atoms with Crippen molar-refractivity contribution < 1.29 is 28.2 Å². The highest BCUT2D eigenvalue weighted by molar-refractivity contribution is 7.09. The second-order valence-electron chi connectivity index (χ2n) is 9.04. The highest BCUT2D eigenvalue weighted by atomic mass is 32.1. The van der Waals surface area contributed by atoms with Crippen LogP contribution in [0, 0.1) is 5.82 Å². The summed E-state index contributed by atoms with van der Waals surface area (Å²) in [5.41, 5.74) is 10.8. The van der Waals surface area contributed by atoms with Crippen LogP contribution in [-0.2, 0) is 4.79 Å². The number of carbonyl (C=O) groups excluding carboxylic acids is 3. The summed E-state index contributed by atoms with van der Waals surface area (Å²) < 4.78 is 28.5. The lowest BCUT2D eigenvalue weighted by atomic mass is 10.00. The number of benzene rings is 2. The molecule has 0 bridgehead atoms. The van der Waals surface area contributed by atoms with E-state index in [0.717, 1.165) is 0 Å². The Morgan fingerprint density at radius 3 is 2.24 bits per heavy atom. The van der Waals surface area contributed by atoms with Crippen LogP contribution in [0.3, 0.4) is 0 Å². The maximum Gasteiger partial charge on any atom is 0.273 e. The van der Waals surface area contributed by atoms with Gasteiger partial charge < -0.3 is 26.3 Å². The average molecular weight is 530 g/mol. The fraction of sp³-hybridized carbons (Fsp3) is 0.280. The Kier molecular flexibility index (Phi) is 8.02. The lowest BCUT2D eigenvalue weighted by molar-refractivity contribution is -0.123. The van der Waals surface area contributed by atoms with Crippen LogP contribution in [0.5, 0.6) is 11.5 Å². The van der Waals surface area contributed by atoms with Crippen LogP contribution >= 0.6 is 11.5 Å². The van der Waals surface area contributed by atoms with Gasteiger partial charge in [-0.2, -0.15) is 4.37 Å². The first-order chi connectivity index (χ1) is 17.4. The predicted octanol–water partition coefficient (Wildman–Crippen LogP) is 3.28. The maximum absolute atomic E-state index is 14.1. The molecule has 0 saturated heterocycles. The van der Waals surface area contributed by atoms with E-state index < -0.39 is 35.1 Å². The molecule has 1 heterocycles. The van der Waals surface area contributed by atoms with E-state index in [4.69, 9.17) is 20.9 Å². The SMILES string of the molecule is COc1ccc(N(C(=O)c2snc(C(N)=O)c2N)[C@@H](C(=O)NC(C)(C)C)c2ccc(F)cc2)c(OC)c1. The van der Waals surface area contributed by atoms with Gasteiger partial charge in [-0.15, -0.1) is 0 Å². The van der Waals surface area contributed by atoms with Crippen LogP contribution in [0.2, 0.25) is 0 Å². The number of hydrogen-bond acceptors (Lipinski definition) is 8. The maximum atomic E-state index is 14.1. The van der Waals surface area contributed by atoms with E-state index in [0.29, 0.717) is 22.8 Å². The fourth-order valence-electron chi connectivity index (χ4n) is 3.59. The number of rotatable bonds is 8. The summed E-state index contributed by atoms with van der Waals surface area (Å²) in [4.78, 5) is 40.6. The Hall–Kier alpha value is -4.19. The van der Waals surface area contributed by atoms with Gasteiger partial charge in [0, 0.05) is 11.6 Å². The quantitative estimate of drug-likeness (QED) is 0.405. The van der Waals surface area contributed by atoms with Crippen LogP contribution in [0.1, 0.15) is 52.5 Å². The molecule has 3 aromatic rings. The topological polar surface area (TPSA) is 150 Å². The van der Waals surface area contributed by atoms with Gasteiger partial charge in [0.05, 0.1) is 25.6 Å². The second kappa shape index (κ2) is 10.8. The number of nitrogen functional groups attached to an aromatic ring is 1. The molecule has 0 radical (unpaired) electrons. The third-order valence-electron chi connectivity index (χ3n) is 5.21. The first-order valence-electron chi connectivity index (χ1n) is 11.1. The molecule has 37 heavy (non-hydrogen) atoms. The van der Waals surface area contributed by atoms with E-state index in [1.54, 1.807) is 39.0 Å². The van der Waals surface area contributed by atoms with E-state index in [1.165, 1.54) is 43.4 Å². The van der Waals surface area contributed by atoms with Gasteiger partial charge in [0.2, 0.25) is 5.91 Å².